The van der Waals surface area contributed by atoms with Gasteiger partial charge in [-0.25, -0.2) is 4.98 Å². The Morgan fingerprint density at radius 3 is 2.95 bits per heavy atom. The third-order valence-corrected chi connectivity index (χ3v) is 3.97. The normalized spacial score (nSPS) is 16.8. The van der Waals surface area contributed by atoms with Crippen molar-refractivity contribution in [3.05, 3.63) is 47.0 Å². The van der Waals surface area contributed by atoms with E-state index in [1.807, 2.05) is 6.20 Å². The molecule has 1 N–H and O–H groups in total. The summed E-state index contributed by atoms with van der Waals surface area (Å²) < 4.78 is 5.43. The Morgan fingerprint density at radius 1 is 1.42 bits per heavy atom. The zero-order valence-corrected chi connectivity index (χ0v) is 12.1. The van der Waals surface area contributed by atoms with Crippen LogP contribution in [0.1, 0.15) is 34.7 Å². The minimum Gasteiger partial charge on any atom is -0.496 e. The summed E-state index contributed by atoms with van der Waals surface area (Å²) in [6.07, 6.45) is 7.12. The molecule has 0 spiro atoms. The quantitative estimate of drug-likeness (QED) is 0.934. The molecule has 4 heteroatoms. The van der Waals surface area contributed by atoms with Crippen molar-refractivity contribution in [1.29, 1.82) is 0 Å². The molecule has 1 unspecified atom stereocenters. The van der Waals surface area contributed by atoms with Gasteiger partial charge in [0, 0.05) is 11.9 Å². The van der Waals surface area contributed by atoms with E-state index in [1.165, 1.54) is 35.2 Å². The van der Waals surface area contributed by atoms with Crippen LogP contribution in [-0.2, 0) is 12.8 Å². The van der Waals surface area contributed by atoms with Gasteiger partial charge in [0.25, 0.3) is 0 Å². The molecule has 3 nitrogen and oxygen atoms in total. The smallest absolute Gasteiger partial charge is 0.122 e. The molecule has 19 heavy (non-hydrogen) atoms. The van der Waals surface area contributed by atoms with Crippen LogP contribution in [0.2, 0.25) is 0 Å². The highest BCUT2D eigenvalue weighted by atomic mass is 35.5. The number of aryl methyl sites for hydroxylation is 1. The second-order valence-corrected chi connectivity index (χ2v) is 4.98. The minimum absolute atomic E-state index is 0. The van der Waals surface area contributed by atoms with Gasteiger partial charge < -0.3 is 9.72 Å². The summed E-state index contributed by atoms with van der Waals surface area (Å²) in [6, 6.07) is 4.31. The van der Waals surface area contributed by atoms with E-state index >= 15 is 0 Å². The standard InChI is InChI=1S/C15H18N2O.ClH/c1-10-14(18-2)6-5-11-3-4-12(15(10)11)7-13-8-16-9-17-13;/h5-6,8-9,12H,3-4,7H2,1-2H3,(H,16,17);1H. The Labute approximate surface area is 119 Å². The van der Waals surface area contributed by atoms with Gasteiger partial charge in [0.2, 0.25) is 0 Å². The topological polar surface area (TPSA) is 37.9 Å². The van der Waals surface area contributed by atoms with Crippen molar-refractivity contribution >= 4 is 12.4 Å². The highest BCUT2D eigenvalue weighted by Crippen LogP contribution is 2.40. The Hall–Kier alpha value is -1.48. The van der Waals surface area contributed by atoms with Gasteiger partial charge in [-0.05, 0) is 54.9 Å². The van der Waals surface area contributed by atoms with Crippen LogP contribution in [0.5, 0.6) is 5.75 Å². The van der Waals surface area contributed by atoms with Gasteiger partial charge >= 0.3 is 0 Å². The van der Waals surface area contributed by atoms with Crippen LogP contribution in [0.15, 0.2) is 24.7 Å². The fourth-order valence-corrected chi connectivity index (χ4v) is 3.11. The highest BCUT2D eigenvalue weighted by Gasteiger charge is 2.26. The van der Waals surface area contributed by atoms with E-state index in [2.05, 4.69) is 29.0 Å². The predicted octanol–water partition coefficient (Wildman–Crippen LogP) is 3.42. The average Bonchev–Trinajstić information content (AvgIpc) is 3.01. The van der Waals surface area contributed by atoms with Crippen LogP contribution in [0.3, 0.4) is 0 Å². The first-order valence-corrected chi connectivity index (χ1v) is 6.43. The molecule has 0 saturated heterocycles. The Kier molecular flexibility index (Phi) is 4.15. The summed E-state index contributed by atoms with van der Waals surface area (Å²) >= 11 is 0. The number of rotatable bonds is 3. The number of fused-ring (bicyclic) bond motifs is 1. The van der Waals surface area contributed by atoms with Crippen molar-refractivity contribution in [3.63, 3.8) is 0 Å². The molecule has 0 bridgehead atoms. The SMILES string of the molecule is COc1ccc2c(c1C)C(Cc1cnc[nH]1)CC2.Cl. The molecule has 1 atom stereocenters. The van der Waals surface area contributed by atoms with Crippen LogP contribution in [-0.4, -0.2) is 17.1 Å². The molecule has 1 aliphatic carbocycles. The van der Waals surface area contributed by atoms with E-state index in [9.17, 15) is 0 Å². The van der Waals surface area contributed by atoms with Crippen molar-refractivity contribution < 1.29 is 4.74 Å². The first kappa shape index (κ1) is 13.9. The largest absolute Gasteiger partial charge is 0.496 e. The second-order valence-electron chi connectivity index (χ2n) is 4.98. The number of hydrogen-bond donors (Lipinski definition) is 1. The van der Waals surface area contributed by atoms with Crippen LogP contribution in [0, 0.1) is 6.92 Å². The molecular weight excluding hydrogens is 260 g/mol. The number of imidazole rings is 1. The molecule has 1 aliphatic rings. The van der Waals surface area contributed by atoms with Crippen LogP contribution < -0.4 is 4.74 Å². The predicted molar refractivity (Wildman–Crippen MR) is 78.3 cm³/mol. The summed E-state index contributed by atoms with van der Waals surface area (Å²) in [7, 11) is 1.74. The van der Waals surface area contributed by atoms with E-state index in [0.717, 1.165) is 12.2 Å². The first-order chi connectivity index (χ1) is 8.79. The van der Waals surface area contributed by atoms with Crippen molar-refractivity contribution in [3.8, 4) is 5.75 Å². The summed E-state index contributed by atoms with van der Waals surface area (Å²) in [5.41, 5.74) is 5.49. The summed E-state index contributed by atoms with van der Waals surface area (Å²) in [5, 5.41) is 0. The monoisotopic (exact) mass is 278 g/mol. The number of nitrogens with one attached hydrogen (secondary N) is 1. The maximum atomic E-state index is 5.43. The van der Waals surface area contributed by atoms with Crippen LogP contribution >= 0.6 is 12.4 Å². The molecule has 0 radical (unpaired) electrons. The minimum atomic E-state index is 0. The van der Waals surface area contributed by atoms with Gasteiger partial charge in [0.15, 0.2) is 0 Å². The number of H-pyrrole nitrogens is 1. The van der Waals surface area contributed by atoms with Crippen molar-refractivity contribution in [2.75, 3.05) is 7.11 Å². The zero-order valence-electron chi connectivity index (χ0n) is 11.3. The molecule has 1 aromatic carbocycles. The summed E-state index contributed by atoms with van der Waals surface area (Å²) in [6.45, 7) is 2.17. The van der Waals surface area contributed by atoms with Gasteiger partial charge in [-0.2, -0.15) is 0 Å². The van der Waals surface area contributed by atoms with E-state index < -0.39 is 0 Å². The molecule has 1 aromatic heterocycles. The van der Waals surface area contributed by atoms with Crippen LogP contribution in [0.4, 0.5) is 0 Å². The molecule has 0 amide bonds. The lowest BCUT2D eigenvalue weighted by Crippen LogP contribution is -2.02. The molecular formula is C15H19ClN2O. The Balaban J connectivity index is 0.00000133. The van der Waals surface area contributed by atoms with Crippen LogP contribution in [0.25, 0.3) is 0 Å². The van der Waals surface area contributed by atoms with E-state index in [4.69, 9.17) is 4.74 Å². The zero-order chi connectivity index (χ0) is 12.5. The number of aromatic nitrogens is 2. The van der Waals surface area contributed by atoms with Crippen molar-refractivity contribution in [1.82, 2.24) is 9.97 Å². The number of halogens is 1. The number of benzene rings is 1. The van der Waals surface area contributed by atoms with Gasteiger partial charge in [-0.3, -0.25) is 0 Å². The molecule has 102 valence electrons. The van der Waals surface area contributed by atoms with Gasteiger partial charge in [-0.1, -0.05) is 6.07 Å². The van der Waals surface area contributed by atoms with Crippen molar-refractivity contribution in [2.24, 2.45) is 0 Å². The summed E-state index contributed by atoms with van der Waals surface area (Å²) in [4.78, 5) is 7.30. The molecule has 0 fully saturated rings. The van der Waals surface area contributed by atoms with Crippen molar-refractivity contribution in [2.45, 2.75) is 32.1 Å². The van der Waals surface area contributed by atoms with Gasteiger partial charge in [0.1, 0.15) is 5.75 Å². The maximum absolute atomic E-state index is 5.43. The highest BCUT2D eigenvalue weighted by molar-refractivity contribution is 5.85. The second kappa shape index (κ2) is 5.66. The summed E-state index contributed by atoms with van der Waals surface area (Å²) in [5.74, 6) is 1.60. The molecule has 0 aliphatic heterocycles. The van der Waals surface area contributed by atoms with Gasteiger partial charge in [0.05, 0.1) is 13.4 Å². The third kappa shape index (κ3) is 2.47. The maximum Gasteiger partial charge on any atom is 0.122 e. The Bertz CT molecular complexity index is 552. The number of nitrogens with zero attached hydrogens (tertiary/aromatic N) is 1. The fourth-order valence-electron chi connectivity index (χ4n) is 3.11. The number of hydrogen-bond acceptors (Lipinski definition) is 2. The van der Waals surface area contributed by atoms with Gasteiger partial charge in [-0.15, -0.1) is 12.4 Å². The van der Waals surface area contributed by atoms with E-state index in [0.29, 0.717) is 5.92 Å². The molecule has 1 heterocycles. The third-order valence-electron chi connectivity index (χ3n) is 3.97. The average molecular weight is 279 g/mol. The fraction of sp³-hybridized carbons (Fsp3) is 0.400. The first-order valence-electron chi connectivity index (χ1n) is 6.43. The lowest BCUT2D eigenvalue weighted by molar-refractivity contribution is 0.410. The number of aromatic amines is 1. The number of ether oxygens (including phenoxy) is 1. The van der Waals surface area contributed by atoms with E-state index in [1.54, 1.807) is 13.4 Å². The number of methoxy groups -OCH3 is 1. The molecule has 0 saturated carbocycles. The lowest BCUT2D eigenvalue weighted by Gasteiger charge is -2.15. The molecule has 2 aromatic rings. The van der Waals surface area contributed by atoms with E-state index in [-0.39, 0.29) is 12.4 Å². The lowest BCUT2D eigenvalue weighted by atomic mass is 9.92. The Morgan fingerprint density at radius 2 is 2.26 bits per heavy atom. The molecule has 3 rings (SSSR count).